The van der Waals surface area contributed by atoms with Crippen LogP contribution in [0.5, 0.6) is 0 Å². The molecule has 1 aliphatic rings. The molecule has 0 aromatic heterocycles. The third-order valence-electron chi connectivity index (χ3n) is 3.01. The number of carbonyl (C=O) groups is 1. The van der Waals surface area contributed by atoms with Crippen molar-refractivity contribution in [1.82, 2.24) is 10.2 Å². The first-order valence-corrected chi connectivity index (χ1v) is 6.48. The summed E-state index contributed by atoms with van der Waals surface area (Å²) in [5.41, 5.74) is 0.899. The van der Waals surface area contributed by atoms with E-state index in [2.05, 4.69) is 21.2 Å². The van der Waals surface area contributed by atoms with E-state index in [1.54, 1.807) is 12.1 Å². The number of carboxylic acids is 1. The van der Waals surface area contributed by atoms with Crippen LogP contribution in [0.3, 0.4) is 0 Å². The molecule has 0 saturated carbocycles. The van der Waals surface area contributed by atoms with E-state index in [4.69, 9.17) is 5.11 Å². The van der Waals surface area contributed by atoms with Gasteiger partial charge in [0.25, 0.3) is 0 Å². The molecule has 1 atom stereocenters. The summed E-state index contributed by atoms with van der Waals surface area (Å²) in [5.74, 6) is -1.14. The Morgan fingerprint density at radius 1 is 1.61 bits per heavy atom. The first-order chi connectivity index (χ1) is 8.58. The Morgan fingerprint density at radius 3 is 3.06 bits per heavy atom. The Balaban J connectivity index is 2.10. The van der Waals surface area contributed by atoms with E-state index >= 15 is 0 Å². The molecule has 1 aliphatic heterocycles. The highest BCUT2D eigenvalue weighted by atomic mass is 79.9. The number of nitrogens with one attached hydrogen (secondary N) is 1. The highest BCUT2D eigenvalue weighted by Gasteiger charge is 2.28. The van der Waals surface area contributed by atoms with Crippen molar-refractivity contribution >= 4 is 21.9 Å². The number of nitrogens with zero attached hydrogens (tertiary/aromatic N) is 1. The minimum Gasteiger partial charge on any atom is -0.480 e. The lowest BCUT2D eigenvalue weighted by Crippen LogP contribution is -2.54. The molecule has 2 N–H and O–H groups in total. The topological polar surface area (TPSA) is 52.6 Å². The number of carboxylic acid groups (broad SMARTS) is 1. The lowest BCUT2D eigenvalue weighted by molar-refractivity contribution is -0.144. The fourth-order valence-electron chi connectivity index (χ4n) is 2.05. The van der Waals surface area contributed by atoms with Crippen LogP contribution in [-0.4, -0.2) is 41.7 Å². The second-order valence-corrected chi connectivity index (χ2v) is 5.13. The van der Waals surface area contributed by atoms with Gasteiger partial charge in [-0.3, -0.25) is 9.69 Å². The second-order valence-electron chi connectivity index (χ2n) is 4.28. The summed E-state index contributed by atoms with van der Waals surface area (Å²) in [6, 6.07) is 4.23. The van der Waals surface area contributed by atoms with Crippen molar-refractivity contribution < 1.29 is 14.3 Å². The van der Waals surface area contributed by atoms with E-state index in [1.807, 2.05) is 4.90 Å². The predicted molar refractivity (Wildman–Crippen MR) is 68.8 cm³/mol. The third kappa shape index (κ3) is 3.07. The summed E-state index contributed by atoms with van der Waals surface area (Å²) in [5, 5.41) is 12.2. The van der Waals surface area contributed by atoms with Gasteiger partial charge in [0.05, 0.1) is 4.47 Å². The molecule has 0 spiro atoms. The molecule has 0 amide bonds. The van der Waals surface area contributed by atoms with Crippen molar-refractivity contribution in [3.8, 4) is 0 Å². The molecule has 1 aromatic carbocycles. The molecule has 0 aliphatic carbocycles. The number of rotatable bonds is 3. The van der Waals surface area contributed by atoms with E-state index in [9.17, 15) is 9.18 Å². The van der Waals surface area contributed by atoms with E-state index < -0.39 is 12.0 Å². The molecule has 1 heterocycles. The van der Waals surface area contributed by atoms with Crippen LogP contribution in [0.15, 0.2) is 22.7 Å². The van der Waals surface area contributed by atoms with Crippen molar-refractivity contribution in [2.24, 2.45) is 0 Å². The van der Waals surface area contributed by atoms with E-state index in [-0.39, 0.29) is 5.82 Å². The second kappa shape index (κ2) is 5.77. The molecule has 1 saturated heterocycles. The van der Waals surface area contributed by atoms with Crippen LogP contribution in [0.2, 0.25) is 0 Å². The Kier molecular flexibility index (Phi) is 4.31. The highest BCUT2D eigenvalue weighted by Crippen LogP contribution is 2.19. The summed E-state index contributed by atoms with van der Waals surface area (Å²) in [6.45, 7) is 2.40. The third-order valence-corrected chi connectivity index (χ3v) is 3.62. The fourth-order valence-corrected chi connectivity index (χ4v) is 2.48. The number of benzene rings is 1. The van der Waals surface area contributed by atoms with Crippen molar-refractivity contribution in [3.05, 3.63) is 34.1 Å². The largest absolute Gasteiger partial charge is 0.480 e. The van der Waals surface area contributed by atoms with Gasteiger partial charge in [-0.15, -0.1) is 0 Å². The zero-order valence-corrected chi connectivity index (χ0v) is 11.3. The van der Waals surface area contributed by atoms with Gasteiger partial charge < -0.3 is 10.4 Å². The number of piperazine rings is 1. The maximum atomic E-state index is 13.1. The van der Waals surface area contributed by atoms with E-state index in [1.165, 1.54) is 6.07 Å². The summed E-state index contributed by atoms with van der Waals surface area (Å²) in [6.07, 6.45) is 0. The number of hydrogen-bond acceptors (Lipinski definition) is 3. The lowest BCUT2D eigenvalue weighted by atomic mass is 10.1. The van der Waals surface area contributed by atoms with Gasteiger partial charge in [-0.2, -0.15) is 0 Å². The number of aliphatic carboxylic acids is 1. The molecule has 1 fully saturated rings. The van der Waals surface area contributed by atoms with Crippen LogP contribution in [0, 0.1) is 5.82 Å². The maximum absolute atomic E-state index is 13.1. The maximum Gasteiger partial charge on any atom is 0.322 e. The average Bonchev–Trinajstić information content (AvgIpc) is 2.34. The molecule has 1 aromatic rings. The summed E-state index contributed by atoms with van der Waals surface area (Å²) in [7, 11) is 0. The molecule has 0 radical (unpaired) electrons. The monoisotopic (exact) mass is 316 g/mol. The van der Waals surface area contributed by atoms with Crippen LogP contribution in [0.25, 0.3) is 0 Å². The molecular formula is C12H14BrFN2O2. The Hall–Kier alpha value is -0.980. The zero-order valence-electron chi connectivity index (χ0n) is 9.70. The van der Waals surface area contributed by atoms with Crippen molar-refractivity contribution in [1.29, 1.82) is 0 Å². The van der Waals surface area contributed by atoms with Gasteiger partial charge >= 0.3 is 5.97 Å². The van der Waals surface area contributed by atoms with Crippen molar-refractivity contribution in [2.75, 3.05) is 19.6 Å². The van der Waals surface area contributed by atoms with Gasteiger partial charge in [0.15, 0.2) is 0 Å². The van der Waals surface area contributed by atoms with Gasteiger partial charge in [-0.25, -0.2) is 4.39 Å². The number of hydrogen-bond donors (Lipinski definition) is 2. The van der Waals surface area contributed by atoms with Gasteiger partial charge in [0.2, 0.25) is 0 Å². The summed E-state index contributed by atoms with van der Waals surface area (Å²) < 4.78 is 13.5. The summed E-state index contributed by atoms with van der Waals surface area (Å²) >= 11 is 3.13. The molecule has 6 heteroatoms. The summed E-state index contributed by atoms with van der Waals surface area (Å²) in [4.78, 5) is 13.0. The number of halogens is 2. The lowest BCUT2D eigenvalue weighted by Gasteiger charge is -2.33. The molecule has 0 bridgehead atoms. The Bertz CT molecular complexity index is 456. The minimum atomic E-state index is -0.830. The zero-order chi connectivity index (χ0) is 13.1. The first-order valence-electron chi connectivity index (χ1n) is 5.69. The normalized spacial score (nSPS) is 20.9. The van der Waals surface area contributed by atoms with Gasteiger partial charge in [-0.05, 0) is 33.6 Å². The van der Waals surface area contributed by atoms with Crippen LogP contribution >= 0.6 is 15.9 Å². The van der Waals surface area contributed by atoms with Crippen LogP contribution in [0.1, 0.15) is 5.56 Å². The molecular weight excluding hydrogens is 303 g/mol. The Labute approximate surface area is 113 Å². The molecule has 4 nitrogen and oxygen atoms in total. The van der Waals surface area contributed by atoms with E-state index in [0.717, 1.165) is 12.1 Å². The predicted octanol–water partition coefficient (Wildman–Crippen LogP) is 1.45. The van der Waals surface area contributed by atoms with Crippen LogP contribution in [-0.2, 0) is 11.3 Å². The van der Waals surface area contributed by atoms with Crippen molar-refractivity contribution in [3.63, 3.8) is 0 Å². The average molecular weight is 317 g/mol. The molecule has 98 valence electrons. The van der Waals surface area contributed by atoms with Gasteiger partial charge in [0.1, 0.15) is 11.9 Å². The minimum absolute atomic E-state index is 0.311. The smallest absolute Gasteiger partial charge is 0.322 e. The van der Waals surface area contributed by atoms with Gasteiger partial charge in [-0.1, -0.05) is 6.07 Å². The van der Waals surface area contributed by atoms with E-state index in [0.29, 0.717) is 24.1 Å². The highest BCUT2D eigenvalue weighted by molar-refractivity contribution is 9.10. The Morgan fingerprint density at radius 2 is 2.39 bits per heavy atom. The van der Waals surface area contributed by atoms with Crippen LogP contribution < -0.4 is 5.32 Å². The van der Waals surface area contributed by atoms with Gasteiger partial charge in [0, 0.05) is 26.2 Å². The fraction of sp³-hybridized carbons (Fsp3) is 0.417. The molecule has 18 heavy (non-hydrogen) atoms. The quantitative estimate of drug-likeness (QED) is 0.886. The first kappa shape index (κ1) is 13.5. The molecule has 1 unspecified atom stereocenters. The standard InChI is InChI=1S/C12H14BrFN2O2/c13-9-5-8(1-2-10(9)14)7-16-4-3-15-6-11(16)12(17)18/h1-2,5,11,15H,3-4,6-7H2,(H,17,18). The molecule has 2 rings (SSSR count). The SMILES string of the molecule is O=C(O)C1CNCCN1Cc1ccc(F)c(Br)c1. The van der Waals surface area contributed by atoms with Crippen LogP contribution in [0.4, 0.5) is 4.39 Å². The van der Waals surface area contributed by atoms with Crippen molar-refractivity contribution in [2.45, 2.75) is 12.6 Å².